The van der Waals surface area contributed by atoms with Gasteiger partial charge in [0.25, 0.3) is 5.91 Å². The molecule has 1 aromatic heterocycles. The summed E-state index contributed by atoms with van der Waals surface area (Å²) < 4.78 is 1.87. The van der Waals surface area contributed by atoms with E-state index in [0.29, 0.717) is 12.1 Å². The average molecular weight is 260 g/mol. The third kappa shape index (κ3) is 2.45. The predicted octanol–water partition coefficient (Wildman–Crippen LogP) is 1.72. The summed E-state index contributed by atoms with van der Waals surface area (Å²) >= 11 is 0. The molecule has 0 aliphatic rings. The van der Waals surface area contributed by atoms with Crippen LogP contribution in [0.4, 0.5) is 0 Å². The summed E-state index contributed by atoms with van der Waals surface area (Å²) in [5, 5.41) is 9.68. The Morgan fingerprint density at radius 1 is 1.32 bits per heavy atom. The summed E-state index contributed by atoms with van der Waals surface area (Å²) in [6.45, 7) is 1.86. The predicted molar refractivity (Wildman–Crippen MR) is 72.1 cm³/mol. The van der Waals surface area contributed by atoms with E-state index < -0.39 is 5.97 Å². The minimum absolute atomic E-state index is 0.248. The second kappa shape index (κ2) is 5.14. The Kier molecular flexibility index (Phi) is 3.55. The van der Waals surface area contributed by atoms with Crippen molar-refractivity contribution in [2.45, 2.75) is 6.92 Å². The molecule has 1 amide bonds. The quantitative estimate of drug-likeness (QED) is 0.910. The van der Waals surface area contributed by atoms with Crippen LogP contribution in [-0.4, -0.2) is 39.5 Å². The number of aliphatic carboxylic acids is 1. The number of hydrogen-bond acceptors (Lipinski definition) is 2. The number of aryl methyl sites for hydroxylation is 1. The van der Waals surface area contributed by atoms with Crippen molar-refractivity contribution < 1.29 is 14.7 Å². The van der Waals surface area contributed by atoms with Crippen LogP contribution in [-0.2, 0) is 11.8 Å². The van der Waals surface area contributed by atoms with Gasteiger partial charge in [-0.15, -0.1) is 0 Å². The summed E-state index contributed by atoms with van der Waals surface area (Å²) in [7, 11) is 1.87. The average Bonchev–Trinajstić information content (AvgIpc) is 2.73. The third-order valence-electron chi connectivity index (χ3n) is 3.12. The Labute approximate surface area is 111 Å². The molecule has 0 saturated carbocycles. The molecule has 5 heteroatoms. The van der Waals surface area contributed by atoms with Crippen molar-refractivity contribution in [3.8, 4) is 0 Å². The van der Waals surface area contributed by atoms with Crippen molar-refractivity contribution in [2.75, 3.05) is 13.1 Å². The normalized spacial score (nSPS) is 10.6. The first-order valence-corrected chi connectivity index (χ1v) is 6.09. The van der Waals surface area contributed by atoms with Crippen LogP contribution in [0, 0.1) is 0 Å². The first-order chi connectivity index (χ1) is 9.04. The maximum Gasteiger partial charge on any atom is 0.323 e. The van der Waals surface area contributed by atoms with E-state index in [2.05, 4.69) is 0 Å². The number of rotatable bonds is 4. The van der Waals surface area contributed by atoms with Gasteiger partial charge in [-0.3, -0.25) is 9.59 Å². The largest absolute Gasteiger partial charge is 0.480 e. The number of aromatic nitrogens is 1. The third-order valence-corrected chi connectivity index (χ3v) is 3.12. The Balaban J connectivity index is 2.43. The summed E-state index contributed by atoms with van der Waals surface area (Å²) in [6, 6.07) is 7.58. The van der Waals surface area contributed by atoms with Gasteiger partial charge in [0.2, 0.25) is 0 Å². The molecule has 0 atom stereocenters. The molecule has 0 unspecified atom stereocenters. The lowest BCUT2D eigenvalue weighted by Crippen LogP contribution is -2.35. The highest BCUT2D eigenvalue weighted by atomic mass is 16.4. The fourth-order valence-electron chi connectivity index (χ4n) is 2.17. The molecule has 100 valence electrons. The van der Waals surface area contributed by atoms with Crippen molar-refractivity contribution >= 4 is 22.8 Å². The highest BCUT2D eigenvalue weighted by Gasteiger charge is 2.20. The van der Waals surface area contributed by atoms with Crippen LogP contribution in [0.25, 0.3) is 10.9 Å². The number of likely N-dealkylation sites (N-methyl/N-ethyl adjacent to an activating group) is 1. The molecule has 2 rings (SSSR count). The molecular formula is C14H16N2O3. The Morgan fingerprint density at radius 2 is 2.00 bits per heavy atom. The molecule has 2 aromatic rings. The number of para-hydroxylation sites is 1. The van der Waals surface area contributed by atoms with Gasteiger partial charge in [0.15, 0.2) is 0 Å². The lowest BCUT2D eigenvalue weighted by molar-refractivity contribution is -0.137. The van der Waals surface area contributed by atoms with Gasteiger partial charge in [-0.25, -0.2) is 0 Å². The Morgan fingerprint density at radius 3 is 2.63 bits per heavy atom. The monoisotopic (exact) mass is 260 g/mol. The van der Waals surface area contributed by atoms with Crippen LogP contribution in [0.1, 0.15) is 17.3 Å². The zero-order valence-corrected chi connectivity index (χ0v) is 11.0. The van der Waals surface area contributed by atoms with Crippen molar-refractivity contribution in [3.05, 3.63) is 36.0 Å². The molecule has 5 nitrogen and oxygen atoms in total. The maximum atomic E-state index is 12.4. The van der Waals surface area contributed by atoms with Gasteiger partial charge >= 0.3 is 5.97 Å². The fraction of sp³-hybridized carbons (Fsp3) is 0.286. The molecule has 19 heavy (non-hydrogen) atoms. The molecule has 0 radical (unpaired) electrons. The molecule has 0 fully saturated rings. The standard InChI is InChI=1S/C14H16N2O3/c1-3-16(9-13(17)18)14(19)11-8-15(2)12-7-5-4-6-10(11)12/h4-8H,3,9H2,1-2H3,(H,17,18). The molecule has 0 bridgehead atoms. The molecular weight excluding hydrogens is 244 g/mol. The van der Waals surface area contributed by atoms with Crippen LogP contribution in [0.2, 0.25) is 0 Å². The number of hydrogen-bond donors (Lipinski definition) is 1. The highest BCUT2D eigenvalue weighted by molar-refractivity contribution is 6.07. The van der Waals surface area contributed by atoms with Crippen molar-refractivity contribution in [3.63, 3.8) is 0 Å². The number of carbonyl (C=O) groups excluding carboxylic acids is 1. The first-order valence-electron chi connectivity index (χ1n) is 6.09. The zero-order chi connectivity index (χ0) is 14.0. The smallest absolute Gasteiger partial charge is 0.323 e. The van der Waals surface area contributed by atoms with Crippen LogP contribution < -0.4 is 0 Å². The highest BCUT2D eigenvalue weighted by Crippen LogP contribution is 2.21. The Bertz CT molecular complexity index is 631. The van der Waals surface area contributed by atoms with Crippen molar-refractivity contribution in [1.82, 2.24) is 9.47 Å². The molecule has 1 heterocycles. The van der Waals surface area contributed by atoms with Gasteiger partial charge in [-0.1, -0.05) is 18.2 Å². The van der Waals surface area contributed by atoms with Crippen LogP contribution in [0.15, 0.2) is 30.5 Å². The number of carboxylic acids is 1. The van der Waals surface area contributed by atoms with Gasteiger partial charge in [-0.05, 0) is 13.0 Å². The zero-order valence-electron chi connectivity index (χ0n) is 11.0. The number of nitrogens with zero attached hydrogens (tertiary/aromatic N) is 2. The number of benzene rings is 1. The molecule has 0 spiro atoms. The van der Waals surface area contributed by atoms with E-state index in [4.69, 9.17) is 5.11 Å². The minimum Gasteiger partial charge on any atom is -0.480 e. The van der Waals surface area contributed by atoms with Gasteiger partial charge in [0.1, 0.15) is 6.54 Å². The van der Waals surface area contributed by atoms with Crippen LogP contribution >= 0.6 is 0 Å². The van der Waals surface area contributed by atoms with Crippen LogP contribution in [0.5, 0.6) is 0 Å². The summed E-state index contributed by atoms with van der Waals surface area (Å²) in [5.74, 6) is -1.25. The summed E-state index contributed by atoms with van der Waals surface area (Å²) in [5.41, 5.74) is 1.50. The second-order valence-electron chi connectivity index (χ2n) is 4.38. The molecule has 0 aliphatic heterocycles. The van der Waals surface area contributed by atoms with E-state index >= 15 is 0 Å². The molecule has 1 aromatic carbocycles. The fourth-order valence-corrected chi connectivity index (χ4v) is 2.17. The minimum atomic E-state index is -1.00. The number of carbonyl (C=O) groups is 2. The van der Waals surface area contributed by atoms with E-state index in [1.807, 2.05) is 35.9 Å². The first kappa shape index (κ1) is 13.1. The molecule has 0 aliphatic carbocycles. The van der Waals surface area contributed by atoms with Crippen molar-refractivity contribution in [2.24, 2.45) is 7.05 Å². The Hall–Kier alpha value is -2.30. The molecule has 0 saturated heterocycles. The lowest BCUT2D eigenvalue weighted by Gasteiger charge is -2.17. The summed E-state index contributed by atoms with van der Waals surface area (Å²) in [4.78, 5) is 24.5. The van der Waals surface area contributed by atoms with Gasteiger partial charge < -0.3 is 14.6 Å². The maximum absolute atomic E-state index is 12.4. The number of carboxylic acid groups (broad SMARTS) is 1. The van der Waals surface area contributed by atoms with Gasteiger partial charge in [-0.2, -0.15) is 0 Å². The summed E-state index contributed by atoms with van der Waals surface area (Å²) in [6.07, 6.45) is 1.75. The van der Waals surface area contributed by atoms with Crippen LogP contribution in [0.3, 0.4) is 0 Å². The lowest BCUT2D eigenvalue weighted by atomic mass is 10.1. The number of amides is 1. The SMILES string of the molecule is CCN(CC(=O)O)C(=O)c1cn(C)c2ccccc12. The topological polar surface area (TPSA) is 62.5 Å². The molecule has 1 N–H and O–H groups in total. The number of fused-ring (bicyclic) bond motifs is 1. The van der Waals surface area contributed by atoms with Crippen molar-refractivity contribution in [1.29, 1.82) is 0 Å². The van der Waals surface area contributed by atoms with E-state index in [1.165, 1.54) is 4.90 Å². The van der Waals surface area contributed by atoms with Gasteiger partial charge in [0.05, 0.1) is 5.56 Å². The van der Waals surface area contributed by atoms with Gasteiger partial charge in [0, 0.05) is 30.7 Å². The van der Waals surface area contributed by atoms with E-state index in [-0.39, 0.29) is 12.5 Å². The van der Waals surface area contributed by atoms with E-state index in [0.717, 1.165) is 10.9 Å². The second-order valence-corrected chi connectivity index (χ2v) is 4.38. The van der Waals surface area contributed by atoms with E-state index in [9.17, 15) is 9.59 Å². The van der Waals surface area contributed by atoms with E-state index in [1.54, 1.807) is 13.1 Å².